The minimum absolute atomic E-state index is 0.884. The number of ether oxygens (including phenoxy) is 1. The molecule has 86 valence electrons. The SMILES string of the molecule is CCC(C)C.CCc1cccc(OC)c1. The highest BCUT2D eigenvalue weighted by Gasteiger charge is 1.90. The van der Waals surface area contributed by atoms with Gasteiger partial charge in [-0.2, -0.15) is 0 Å². The number of hydrogen-bond donors (Lipinski definition) is 0. The summed E-state index contributed by atoms with van der Waals surface area (Å²) in [6, 6.07) is 8.12. The highest BCUT2D eigenvalue weighted by Crippen LogP contribution is 2.12. The number of hydrogen-bond acceptors (Lipinski definition) is 1. The molecule has 0 radical (unpaired) electrons. The molecule has 0 bridgehead atoms. The highest BCUT2D eigenvalue weighted by molar-refractivity contribution is 5.28. The summed E-state index contributed by atoms with van der Waals surface area (Å²) in [6.45, 7) is 8.78. The van der Waals surface area contributed by atoms with Crippen molar-refractivity contribution in [3.05, 3.63) is 29.8 Å². The first-order chi connectivity index (χ1) is 7.13. The van der Waals surface area contributed by atoms with Crippen molar-refractivity contribution in [3.8, 4) is 5.75 Å². The van der Waals surface area contributed by atoms with E-state index in [0.717, 1.165) is 18.1 Å². The molecule has 15 heavy (non-hydrogen) atoms. The van der Waals surface area contributed by atoms with E-state index in [2.05, 4.69) is 39.8 Å². The van der Waals surface area contributed by atoms with Gasteiger partial charge in [-0.25, -0.2) is 0 Å². The molecule has 0 spiro atoms. The van der Waals surface area contributed by atoms with E-state index < -0.39 is 0 Å². The smallest absolute Gasteiger partial charge is 0.119 e. The fraction of sp³-hybridized carbons (Fsp3) is 0.571. The first kappa shape index (κ1) is 14.0. The van der Waals surface area contributed by atoms with Gasteiger partial charge in [-0.3, -0.25) is 0 Å². The van der Waals surface area contributed by atoms with Crippen LogP contribution in [-0.2, 0) is 6.42 Å². The predicted molar refractivity (Wildman–Crippen MR) is 67.5 cm³/mol. The number of rotatable bonds is 3. The second kappa shape index (κ2) is 8.34. The lowest BCUT2D eigenvalue weighted by molar-refractivity contribution is 0.414. The Kier molecular flexibility index (Phi) is 7.79. The Morgan fingerprint density at radius 2 is 1.80 bits per heavy atom. The van der Waals surface area contributed by atoms with Crippen molar-refractivity contribution in [1.82, 2.24) is 0 Å². The van der Waals surface area contributed by atoms with Crippen LogP contribution in [0.1, 0.15) is 39.7 Å². The minimum Gasteiger partial charge on any atom is -0.497 e. The van der Waals surface area contributed by atoms with Gasteiger partial charge in [0.05, 0.1) is 7.11 Å². The molecular formula is C14H24O. The van der Waals surface area contributed by atoms with Crippen LogP contribution >= 0.6 is 0 Å². The van der Waals surface area contributed by atoms with Gasteiger partial charge in [0, 0.05) is 0 Å². The van der Waals surface area contributed by atoms with Crippen LogP contribution in [0, 0.1) is 5.92 Å². The topological polar surface area (TPSA) is 9.23 Å². The Balaban J connectivity index is 0.000000336. The molecule has 0 saturated carbocycles. The lowest BCUT2D eigenvalue weighted by atomic mass is 10.2. The molecule has 1 rings (SSSR count). The molecule has 0 fully saturated rings. The third-order valence-electron chi connectivity index (χ3n) is 2.36. The van der Waals surface area contributed by atoms with Gasteiger partial charge in [0.25, 0.3) is 0 Å². The highest BCUT2D eigenvalue weighted by atomic mass is 16.5. The number of methoxy groups -OCH3 is 1. The summed E-state index contributed by atoms with van der Waals surface area (Å²) in [5, 5.41) is 0. The van der Waals surface area contributed by atoms with Crippen LogP contribution in [0.5, 0.6) is 5.75 Å². The summed E-state index contributed by atoms with van der Waals surface area (Å²) in [7, 11) is 1.69. The molecule has 0 N–H and O–H groups in total. The van der Waals surface area contributed by atoms with Crippen LogP contribution in [-0.4, -0.2) is 7.11 Å². The van der Waals surface area contributed by atoms with E-state index in [0.29, 0.717) is 0 Å². The maximum absolute atomic E-state index is 5.06. The monoisotopic (exact) mass is 208 g/mol. The quantitative estimate of drug-likeness (QED) is 0.719. The average Bonchev–Trinajstić information content (AvgIpc) is 2.29. The molecule has 0 amide bonds. The fourth-order valence-electron chi connectivity index (χ4n) is 0.892. The van der Waals surface area contributed by atoms with E-state index in [4.69, 9.17) is 4.74 Å². The molecule has 1 aromatic carbocycles. The zero-order chi connectivity index (χ0) is 11.7. The molecule has 1 aromatic rings. The molecule has 0 saturated heterocycles. The molecule has 0 unspecified atom stereocenters. The number of aryl methyl sites for hydroxylation is 1. The summed E-state index contributed by atoms with van der Waals surface area (Å²) >= 11 is 0. The van der Waals surface area contributed by atoms with E-state index in [1.54, 1.807) is 7.11 Å². The van der Waals surface area contributed by atoms with E-state index in [1.807, 2.05) is 12.1 Å². The molecule has 1 heteroatoms. The summed E-state index contributed by atoms with van der Waals surface area (Å²) in [5.74, 6) is 1.83. The van der Waals surface area contributed by atoms with Gasteiger partial charge in [0.1, 0.15) is 5.75 Å². The molecule has 0 aliphatic heterocycles. The molecule has 0 aromatic heterocycles. The lowest BCUT2D eigenvalue weighted by Crippen LogP contribution is -1.84. The van der Waals surface area contributed by atoms with Gasteiger partial charge in [0.15, 0.2) is 0 Å². The van der Waals surface area contributed by atoms with Crippen LogP contribution in [0.25, 0.3) is 0 Å². The van der Waals surface area contributed by atoms with Crippen molar-refractivity contribution in [3.63, 3.8) is 0 Å². The van der Waals surface area contributed by atoms with Crippen molar-refractivity contribution in [1.29, 1.82) is 0 Å². The molecule has 0 aliphatic carbocycles. The van der Waals surface area contributed by atoms with Gasteiger partial charge >= 0.3 is 0 Å². The zero-order valence-corrected chi connectivity index (χ0v) is 10.7. The van der Waals surface area contributed by atoms with Crippen LogP contribution in [0.2, 0.25) is 0 Å². The maximum Gasteiger partial charge on any atom is 0.119 e. The van der Waals surface area contributed by atoms with Crippen molar-refractivity contribution >= 4 is 0 Å². The molecular weight excluding hydrogens is 184 g/mol. The van der Waals surface area contributed by atoms with E-state index in [-0.39, 0.29) is 0 Å². The van der Waals surface area contributed by atoms with Crippen LogP contribution in [0.3, 0.4) is 0 Å². The Bertz CT molecular complexity index is 234. The molecule has 0 aliphatic rings. The van der Waals surface area contributed by atoms with Gasteiger partial charge in [-0.15, -0.1) is 0 Å². The van der Waals surface area contributed by atoms with Crippen molar-refractivity contribution in [2.45, 2.75) is 40.5 Å². The third-order valence-corrected chi connectivity index (χ3v) is 2.36. The van der Waals surface area contributed by atoms with Crippen molar-refractivity contribution in [2.75, 3.05) is 7.11 Å². The Labute approximate surface area is 94.5 Å². The van der Waals surface area contributed by atoms with Gasteiger partial charge in [-0.1, -0.05) is 46.2 Å². The Hall–Kier alpha value is -0.980. The number of benzene rings is 1. The Morgan fingerprint density at radius 1 is 1.20 bits per heavy atom. The summed E-state index contributed by atoms with van der Waals surface area (Å²) in [6.07, 6.45) is 2.37. The third kappa shape index (κ3) is 7.01. The van der Waals surface area contributed by atoms with Crippen LogP contribution in [0.15, 0.2) is 24.3 Å². The average molecular weight is 208 g/mol. The standard InChI is InChI=1S/C9H12O.C5H12/c1-3-8-5-4-6-9(7-8)10-2;1-4-5(2)3/h4-7H,3H2,1-2H3;5H,4H2,1-3H3. The van der Waals surface area contributed by atoms with Crippen LogP contribution in [0.4, 0.5) is 0 Å². The minimum atomic E-state index is 0.884. The zero-order valence-electron chi connectivity index (χ0n) is 10.7. The van der Waals surface area contributed by atoms with Crippen LogP contribution < -0.4 is 4.74 Å². The second-order valence-electron chi connectivity index (χ2n) is 4.01. The van der Waals surface area contributed by atoms with E-state index in [9.17, 15) is 0 Å². The first-order valence-corrected chi connectivity index (χ1v) is 5.76. The summed E-state index contributed by atoms with van der Waals surface area (Å²) < 4.78 is 5.06. The normalized spacial score (nSPS) is 9.47. The fourth-order valence-corrected chi connectivity index (χ4v) is 0.892. The van der Waals surface area contributed by atoms with Crippen molar-refractivity contribution in [2.24, 2.45) is 5.92 Å². The molecule has 1 nitrogen and oxygen atoms in total. The van der Waals surface area contributed by atoms with E-state index in [1.165, 1.54) is 12.0 Å². The van der Waals surface area contributed by atoms with Gasteiger partial charge in [-0.05, 0) is 30.0 Å². The molecule has 0 heterocycles. The molecule has 0 atom stereocenters. The largest absolute Gasteiger partial charge is 0.497 e. The lowest BCUT2D eigenvalue weighted by Gasteiger charge is -2.00. The summed E-state index contributed by atoms with van der Waals surface area (Å²) in [5.41, 5.74) is 1.32. The summed E-state index contributed by atoms with van der Waals surface area (Å²) in [4.78, 5) is 0. The predicted octanol–water partition coefficient (Wildman–Crippen LogP) is 4.31. The van der Waals surface area contributed by atoms with Gasteiger partial charge < -0.3 is 4.74 Å². The van der Waals surface area contributed by atoms with E-state index >= 15 is 0 Å². The second-order valence-corrected chi connectivity index (χ2v) is 4.01. The Morgan fingerprint density at radius 3 is 2.20 bits per heavy atom. The maximum atomic E-state index is 5.06. The van der Waals surface area contributed by atoms with Gasteiger partial charge in [0.2, 0.25) is 0 Å². The first-order valence-electron chi connectivity index (χ1n) is 5.76. The van der Waals surface area contributed by atoms with Crippen molar-refractivity contribution < 1.29 is 4.74 Å².